The summed E-state index contributed by atoms with van der Waals surface area (Å²) in [7, 11) is 1.55. The van der Waals surface area contributed by atoms with Crippen LogP contribution in [0.2, 0.25) is 5.02 Å². The van der Waals surface area contributed by atoms with Crippen molar-refractivity contribution in [2.45, 2.75) is 57.5 Å². The van der Waals surface area contributed by atoms with Gasteiger partial charge >= 0.3 is 5.97 Å². The first kappa shape index (κ1) is 28.2. The molecule has 8 heteroatoms. The van der Waals surface area contributed by atoms with Gasteiger partial charge < -0.3 is 14.7 Å². The minimum atomic E-state index is -1.34. The number of methoxy groups -OCH3 is 1. The number of nitrogens with zero attached hydrogens (tertiary/aromatic N) is 2. The Hall–Kier alpha value is -2.77. The number of pyridine rings is 1. The lowest BCUT2D eigenvalue weighted by Gasteiger charge is -2.41. The SMILES string of the molecule is COc1ccc2ncc(Cl)c([C@@H](F)CCC3(CC(=O)O)CCN(CCCCc4ccc(F)cc4)CC3)c2c1. The van der Waals surface area contributed by atoms with Crippen molar-refractivity contribution < 1.29 is 23.4 Å². The lowest BCUT2D eigenvalue weighted by atomic mass is 9.71. The number of halogens is 3. The molecule has 0 bridgehead atoms. The third-order valence-corrected chi connectivity index (χ3v) is 8.16. The molecule has 4 rings (SSSR count). The number of alkyl halides is 1. The van der Waals surface area contributed by atoms with Crippen LogP contribution in [0.4, 0.5) is 8.78 Å². The topological polar surface area (TPSA) is 62.7 Å². The van der Waals surface area contributed by atoms with Crippen LogP contribution in [0, 0.1) is 11.2 Å². The number of aryl methyl sites for hydroxylation is 1. The second kappa shape index (κ2) is 12.9. The summed E-state index contributed by atoms with van der Waals surface area (Å²) in [4.78, 5) is 18.4. The van der Waals surface area contributed by atoms with Crippen LogP contribution in [0.5, 0.6) is 5.75 Å². The molecule has 1 saturated heterocycles. The van der Waals surface area contributed by atoms with Gasteiger partial charge in [-0.15, -0.1) is 0 Å². The molecule has 5 nitrogen and oxygen atoms in total. The largest absolute Gasteiger partial charge is 0.497 e. The van der Waals surface area contributed by atoms with Gasteiger partial charge in [0.05, 0.1) is 24.1 Å². The molecule has 0 amide bonds. The molecule has 204 valence electrons. The molecular weight excluding hydrogens is 510 g/mol. The standard InChI is InChI=1S/C30H35ClF2N2O3/c1-38-23-9-10-27-24(18-23)29(25(31)20-34-27)26(33)11-12-30(19-28(36)37)13-16-35(17-14-30)15-3-2-4-21-5-7-22(32)8-6-21/h5-10,18,20,26H,2-4,11-17,19H2,1H3,(H,36,37)/t26-/m0/s1. The van der Waals surface area contributed by atoms with E-state index in [-0.39, 0.29) is 23.7 Å². The molecule has 0 spiro atoms. The van der Waals surface area contributed by atoms with Crippen molar-refractivity contribution in [1.82, 2.24) is 9.88 Å². The number of piperidine rings is 1. The molecule has 1 aromatic heterocycles. The van der Waals surface area contributed by atoms with Crippen molar-refractivity contribution in [2.75, 3.05) is 26.7 Å². The highest BCUT2D eigenvalue weighted by atomic mass is 35.5. The Morgan fingerprint density at radius 1 is 1.18 bits per heavy atom. The Labute approximate surface area is 227 Å². The molecule has 0 saturated carbocycles. The Kier molecular flexibility index (Phi) is 9.55. The number of rotatable bonds is 12. The van der Waals surface area contributed by atoms with Crippen LogP contribution in [0.3, 0.4) is 0 Å². The van der Waals surface area contributed by atoms with E-state index < -0.39 is 17.6 Å². The van der Waals surface area contributed by atoms with Crippen molar-refractivity contribution in [1.29, 1.82) is 0 Å². The average Bonchev–Trinajstić information content (AvgIpc) is 2.91. The Balaban J connectivity index is 1.34. The molecule has 1 N–H and O–H groups in total. The van der Waals surface area contributed by atoms with E-state index in [0.29, 0.717) is 28.6 Å². The number of ether oxygens (including phenoxy) is 1. The average molecular weight is 545 g/mol. The van der Waals surface area contributed by atoms with Gasteiger partial charge in [-0.25, -0.2) is 8.78 Å². The van der Waals surface area contributed by atoms with Gasteiger partial charge in [0.1, 0.15) is 17.7 Å². The van der Waals surface area contributed by atoms with Crippen LogP contribution in [-0.4, -0.2) is 47.7 Å². The zero-order valence-corrected chi connectivity index (χ0v) is 22.5. The second-order valence-corrected chi connectivity index (χ2v) is 10.8. The van der Waals surface area contributed by atoms with Gasteiger partial charge in [-0.1, -0.05) is 23.7 Å². The number of likely N-dealkylation sites (tertiary alicyclic amines) is 1. The van der Waals surface area contributed by atoms with Crippen molar-refractivity contribution in [3.63, 3.8) is 0 Å². The quantitative estimate of drug-likeness (QED) is 0.241. The summed E-state index contributed by atoms with van der Waals surface area (Å²) in [6, 6.07) is 11.9. The third kappa shape index (κ3) is 7.20. The highest BCUT2D eigenvalue weighted by Gasteiger charge is 2.37. The van der Waals surface area contributed by atoms with E-state index in [1.54, 1.807) is 25.3 Å². The Morgan fingerprint density at radius 3 is 2.61 bits per heavy atom. The van der Waals surface area contributed by atoms with Gasteiger partial charge in [0.15, 0.2) is 0 Å². The lowest BCUT2D eigenvalue weighted by molar-refractivity contribution is -0.141. The van der Waals surface area contributed by atoms with E-state index in [0.717, 1.165) is 57.3 Å². The number of aromatic nitrogens is 1. The maximum Gasteiger partial charge on any atom is 0.303 e. The van der Waals surface area contributed by atoms with Crippen LogP contribution < -0.4 is 4.74 Å². The molecule has 0 unspecified atom stereocenters. The van der Waals surface area contributed by atoms with E-state index >= 15 is 4.39 Å². The van der Waals surface area contributed by atoms with Crippen molar-refractivity contribution in [3.05, 3.63) is 70.6 Å². The van der Waals surface area contributed by atoms with E-state index in [1.165, 1.54) is 18.3 Å². The monoisotopic (exact) mass is 544 g/mol. The van der Waals surface area contributed by atoms with Crippen molar-refractivity contribution in [3.8, 4) is 5.75 Å². The molecular formula is C30H35ClF2N2O3. The van der Waals surface area contributed by atoms with Gasteiger partial charge in [-0.2, -0.15) is 0 Å². The number of aliphatic carboxylic acids is 1. The molecule has 1 atom stereocenters. The predicted octanol–water partition coefficient (Wildman–Crippen LogP) is 7.41. The van der Waals surface area contributed by atoms with Gasteiger partial charge in [-0.05, 0) is 106 Å². The normalized spacial score (nSPS) is 16.4. The first-order valence-corrected chi connectivity index (χ1v) is 13.6. The van der Waals surface area contributed by atoms with Crippen LogP contribution in [-0.2, 0) is 11.2 Å². The fraction of sp³-hybridized carbons (Fsp3) is 0.467. The lowest BCUT2D eigenvalue weighted by Crippen LogP contribution is -2.41. The van der Waals surface area contributed by atoms with E-state index in [9.17, 15) is 14.3 Å². The molecule has 0 aliphatic carbocycles. The Bertz CT molecular complexity index is 1230. The number of benzene rings is 2. The predicted molar refractivity (Wildman–Crippen MR) is 146 cm³/mol. The van der Waals surface area contributed by atoms with Crippen molar-refractivity contribution >= 4 is 28.5 Å². The Morgan fingerprint density at radius 2 is 1.92 bits per heavy atom. The fourth-order valence-corrected chi connectivity index (χ4v) is 5.86. The number of carbonyl (C=O) groups is 1. The summed E-state index contributed by atoms with van der Waals surface area (Å²) in [5.74, 6) is -0.462. The van der Waals surface area contributed by atoms with E-state index in [1.807, 2.05) is 12.1 Å². The molecule has 0 radical (unpaired) electrons. The van der Waals surface area contributed by atoms with Crippen LogP contribution in [0.1, 0.15) is 62.2 Å². The number of unbranched alkanes of at least 4 members (excludes halogenated alkanes) is 1. The van der Waals surface area contributed by atoms with Crippen LogP contribution in [0.25, 0.3) is 10.9 Å². The smallest absolute Gasteiger partial charge is 0.303 e. The number of hydrogen-bond acceptors (Lipinski definition) is 4. The highest BCUT2D eigenvalue weighted by Crippen LogP contribution is 2.44. The molecule has 3 aromatic rings. The minimum Gasteiger partial charge on any atom is -0.497 e. The highest BCUT2D eigenvalue weighted by molar-refractivity contribution is 6.32. The number of carboxylic acids is 1. The number of hydrogen-bond donors (Lipinski definition) is 1. The molecule has 38 heavy (non-hydrogen) atoms. The maximum atomic E-state index is 15.7. The second-order valence-electron chi connectivity index (χ2n) is 10.4. The molecule has 2 heterocycles. The van der Waals surface area contributed by atoms with Gasteiger partial charge in [-0.3, -0.25) is 9.78 Å². The van der Waals surface area contributed by atoms with Crippen LogP contribution in [0.15, 0.2) is 48.7 Å². The van der Waals surface area contributed by atoms with Gasteiger partial charge in [0, 0.05) is 17.1 Å². The van der Waals surface area contributed by atoms with E-state index in [2.05, 4.69) is 9.88 Å². The molecule has 1 fully saturated rings. The number of fused-ring (bicyclic) bond motifs is 1. The fourth-order valence-electron chi connectivity index (χ4n) is 5.59. The summed E-state index contributed by atoms with van der Waals surface area (Å²) in [6.45, 7) is 2.55. The molecule has 2 aromatic carbocycles. The first-order chi connectivity index (χ1) is 18.3. The summed E-state index contributed by atoms with van der Waals surface area (Å²) in [6.07, 6.45) is 5.23. The van der Waals surface area contributed by atoms with Gasteiger partial charge in [0.25, 0.3) is 0 Å². The number of carboxylic acid groups (broad SMARTS) is 1. The van der Waals surface area contributed by atoms with E-state index in [4.69, 9.17) is 16.3 Å². The first-order valence-electron chi connectivity index (χ1n) is 13.2. The van der Waals surface area contributed by atoms with Crippen LogP contribution >= 0.6 is 11.6 Å². The summed E-state index contributed by atoms with van der Waals surface area (Å²) >= 11 is 6.40. The summed E-state index contributed by atoms with van der Waals surface area (Å²) in [5.41, 5.74) is 1.72. The minimum absolute atomic E-state index is 0.0385. The summed E-state index contributed by atoms with van der Waals surface area (Å²) < 4.78 is 34.1. The zero-order chi connectivity index (χ0) is 27.1. The maximum absolute atomic E-state index is 15.7. The molecule has 1 aliphatic rings. The zero-order valence-electron chi connectivity index (χ0n) is 21.8. The van der Waals surface area contributed by atoms with Gasteiger partial charge in [0.2, 0.25) is 0 Å². The molecule has 1 aliphatic heterocycles. The summed E-state index contributed by atoms with van der Waals surface area (Å²) in [5, 5.41) is 10.5. The third-order valence-electron chi connectivity index (χ3n) is 7.86. The van der Waals surface area contributed by atoms with Crippen molar-refractivity contribution in [2.24, 2.45) is 5.41 Å².